The summed E-state index contributed by atoms with van der Waals surface area (Å²) in [6, 6.07) is 17.0. The summed E-state index contributed by atoms with van der Waals surface area (Å²) in [6.07, 6.45) is 8.80. The molecule has 1 aliphatic rings. The third-order valence-electron chi connectivity index (χ3n) is 5.90. The van der Waals surface area contributed by atoms with Gasteiger partial charge in [0.05, 0.1) is 6.61 Å². The first kappa shape index (κ1) is 22.7. The molecule has 0 radical (unpaired) electrons. The Hall–Kier alpha value is -2.00. The van der Waals surface area contributed by atoms with Crippen molar-refractivity contribution in [1.82, 2.24) is 0 Å². The maximum absolute atomic E-state index is 5.85. The summed E-state index contributed by atoms with van der Waals surface area (Å²) in [4.78, 5) is 0. The van der Waals surface area contributed by atoms with Crippen molar-refractivity contribution in [3.63, 3.8) is 0 Å². The van der Waals surface area contributed by atoms with E-state index in [4.69, 9.17) is 14.2 Å². The van der Waals surface area contributed by atoms with Crippen LogP contribution >= 0.6 is 0 Å². The summed E-state index contributed by atoms with van der Waals surface area (Å²) in [5.41, 5.74) is 2.81. The molecule has 1 aliphatic carbocycles. The third-order valence-corrected chi connectivity index (χ3v) is 5.90. The Morgan fingerprint density at radius 2 is 1.47 bits per heavy atom. The molecule has 164 valence electrons. The molecule has 0 heterocycles. The topological polar surface area (TPSA) is 27.7 Å². The second-order valence-electron chi connectivity index (χ2n) is 8.89. The molecule has 0 aliphatic heterocycles. The van der Waals surface area contributed by atoms with Gasteiger partial charge in [0.1, 0.15) is 18.1 Å². The molecule has 1 atom stereocenters. The highest BCUT2D eigenvalue weighted by molar-refractivity contribution is 5.30. The number of rotatable bonds is 11. The van der Waals surface area contributed by atoms with Crippen LogP contribution in [0.2, 0.25) is 0 Å². The molecule has 3 heteroatoms. The lowest BCUT2D eigenvalue weighted by Gasteiger charge is -2.22. The van der Waals surface area contributed by atoms with Crippen LogP contribution in [-0.4, -0.2) is 19.5 Å². The first-order valence-corrected chi connectivity index (χ1v) is 11.7. The highest BCUT2D eigenvalue weighted by Crippen LogP contribution is 2.33. The first-order valence-electron chi connectivity index (χ1n) is 11.7. The van der Waals surface area contributed by atoms with Gasteiger partial charge in [0, 0.05) is 0 Å². The van der Waals surface area contributed by atoms with Crippen LogP contribution in [0.4, 0.5) is 0 Å². The van der Waals surface area contributed by atoms with Gasteiger partial charge in [-0.3, -0.25) is 0 Å². The van der Waals surface area contributed by atoms with Gasteiger partial charge < -0.3 is 14.2 Å². The van der Waals surface area contributed by atoms with E-state index in [2.05, 4.69) is 50.2 Å². The average molecular weight is 411 g/mol. The lowest BCUT2D eigenvalue weighted by molar-refractivity contribution is -0.0739. The van der Waals surface area contributed by atoms with Crippen LogP contribution in [0.3, 0.4) is 0 Å². The van der Waals surface area contributed by atoms with E-state index in [9.17, 15) is 0 Å². The molecule has 0 bridgehead atoms. The zero-order chi connectivity index (χ0) is 21.2. The maximum atomic E-state index is 5.85. The molecule has 0 spiro atoms. The second kappa shape index (κ2) is 12.0. The molecule has 30 heavy (non-hydrogen) atoms. The van der Waals surface area contributed by atoms with E-state index in [1.807, 2.05) is 19.1 Å². The van der Waals surface area contributed by atoms with E-state index in [1.54, 1.807) is 0 Å². The van der Waals surface area contributed by atoms with E-state index >= 15 is 0 Å². The minimum absolute atomic E-state index is 0.302. The minimum Gasteiger partial charge on any atom is -0.491 e. The molecule has 2 aromatic carbocycles. The summed E-state index contributed by atoms with van der Waals surface area (Å²) in [6.45, 7) is 7.45. The van der Waals surface area contributed by atoms with Gasteiger partial charge in [-0.05, 0) is 79.8 Å². The Morgan fingerprint density at radius 1 is 0.800 bits per heavy atom. The number of benzene rings is 2. The molecule has 3 rings (SSSR count). The second-order valence-corrected chi connectivity index (χ2v) is 8.89. The third kappa shape index (κ3) is 7.68. The van der Waals surface area contributed by atoms with Gasteiger partial charge >= 0.3 is 0 Å². The molecule has 2 aromatic rings. The van der Waals surface area contributed by atoms with Crippen LogP contribution in [0.15, 0.2) is 48.5 Å². The van der Waals surface area contributed by atoms with Crippen LogP contribution in [0.5, 0.6) is 11.5 Å². The van der Waals surface area contributed by atoms with Crippen molar-refractivity contribution >= 4 is 0 Å². The van der Waals surface area contributed by atoms with Crippen molar-refractivity contribution in [1.29, 1.82) is 0 Å². The Bertz CT molecular complexity index is 715. The van der Waals surface area contributed by atoms with Crippen molar-refractivity contribution in [2.24, 2.45) is 5.92 Å². The van der Waals surface area contributed by atoms with Crippen molar-refractivity contribution in [3.05, 3.63) is 59.7 Å². The number of ether oxygens (including phenoxy) is 3. The number of hydrogen-bond acceptors (Lipinski definition) is 3. The smallest absolute Gasteiger partial charge is 0.197 e. The predicted molar refractivity (Wildman–Crippen MR) is 123 cm³/mol. The molecule has 0 N–H and O–H groups in total. The van der Waals surface area contributed by atoms with Gasteiger partial charge in [-0.25, -0.2) is 0 Å². The standard InChI is InChI=1S/C27H38O3/c1-21(2)9-10-23-11-15-27(16-12-23)30-22(3)28-19-20-29-26-17-13-25(14-18-26)24-7-5-4-6-8-24/h11-18,21-22,24H,4-10,19-20H2,1-3H3. The predicted octanol–water partition coefficient (Wildman–Crippen LogP) is 7.14. The Morgan fingerprint density at radius 3 is 2.13 bits per heavy atom. The van der Waals surface area contributed by atoms with Crippen molar-refractivity contribution in [2.75, 3.05) is 13.2 Å². The molecule has 0 amide bonds. The molecule has 1 fully saturated rings. The monoisotopic (exact) mass is 410 g/mol. The van der Waals surface area contributed by atoms with Gasteiger partial charge in [-0.1, -0.05) is 57.4 Å². The summed E-state index contributed by atoms with van der Waals surface area (Å²) < 4.78 is 17.4. The van der Waals surface area contributed by atoms with Gasteiger partial charge in [0.25, 0.3) is 0 Å². The van der Waals surface area contributed by atoms with E-state index in [0.29, 0.717) is 13.2 Å². The minimum atomic E-state index is -0.302. The zero-order valence-electron chi connectivity index (χ0n) is 18.9. The first-order chi connectivity index (χ1) is 14.6. The fourth-order valence-electron chi connectivity index (χ4n) is 4.06. The lowest BCUT2D eigenvalue weighted by Crippen LogP contribution is -2.19. The number of aryl methyl sites for hydroxylation is 1. The summed E-state index contributed by atoms with van der Waals surface area (Å²) in [5, 5.41) is 0. The van der Waals surface area contributed by atoms with Gasteiger partial charge in [0.2, 0.25) is 0 Å². The van der Waals surface area contributed by atoms with Crippen LogP contribution in [-0.2, 0) is 11.2 Å². The maximum Gasteiger partial charge on any atom is 0.197 e. The van der Waals surface area contributed by atoms with Crippen molar-refractivity contribution < 1.29 is 14.2 Å². The molecule has 3 nitrogen and oxygen atoms in total. The van der Waals surface area contributed by atoms with Crippen LogP contribution in [0.25, 0.3) is 0 Å². The summed E-state index contributed by atoms with van der Waals surface area (Å²) in [7, 11) is 0. The molecule has 0 aromatic heterocycles. The summed E-state index contributed by atoms with van der Waals surface area (Å²) >= 11 is 0. The molecular formula is C27H38O3. The van der Waals surface area contributed by atoms with Crippen molar-refractivity contribution in [3.8, 4) is 11.5 Å². The lowest BCUT2D eigenvalue weighted by atomic mass is 9.84. The Labute approximate surface area is 182 Å². The van der Waals surface area contributed by atoms with Crippen LogP contribution in [0.1, 0.15) is 76.3 Å². The highest BCUT2D eigenvalue weighted by atomic mass is 16.7. The quantitative estimate of drug-likeness (QED) is 0.291. The van der Waals surface area contributed by atoms with Gasteiger partial charge in [-0.15, -0.1) is 0 Å². The van der Waals surface area contributed by atoms with E-state index in [0.717, 1.165) is 29.8 Å². The normalized spacial score (nSPS) is 15.9. The van der Waals surface area contributed by atoms with Crippen LogP contribution < -0.4 is 9.47 Å². The fraction of sp³-hybridized carbons (Fsp3) is 0.556. The largest absolute Gasteiger partial charge is 0.491 e. The SMILES string of the molecule is CC(C)CCc1ccc(OC(C)OCCOc2ccc(C3CCCCC3)cc2)cc1. The Kier molecular flexibility index (Phi) is 9.07. The average Bonchev–Trinajstić information content (AvgIpc) is 2.77. The van der Waals surface area contributed by atoms with E-state index in [1.165, 1.54) is 49.7 Å². The van der Waals surface area contributed by atoms with E-state index < -0.39 is 0 Å². The molecule has 1 saturated carbocycles. The fourth-order valence-corrected chi connectivity index (χ4v) is 4.06. The highest BCUT2D eigenvalue weighted by Gasteiger charge is 2.15. The zero-order valence-corrected chi connectivity index (χ0v) is 18.9. The van der Waals surface area contributed by atoms with Gasteiger partial charge in [0.15, 0.2) is 6.29 Å². The molecular weight excluding hydrogens is 372 g/mol. The van der Waals surface area contributed by atoms with Gasteiger partial charge in [-0.2, -0.15) is 0 Å². The summed E-state index contributed by atoms with van der Waals surface area (Å²) in [5.74, 6) is 3.21. The molecule has 1 unspecified atom stereocenters. The van der Waals surface area contributed by atoms with Crippen molar-refractivity contribution in [2.45, 2.75) is 77.9 Å². The Balaban J connectivity index is 1.33. The van der Waals surface area contributed by atoms with E-state index in [-0.39, 0.29) is 6.29 Å². The molecule has 0 saturated heterocycles. The van der Waals surface area contributed by atoms with Crippen LogP contribution in [0, 0.1) is 5.92 Å². The number of hydrogen-bond donors (Lipinski definition) is 0.